The molecule has 2 aromatic rings. The SMILES string of the molecule is CC(C)c1ccc(/C=C/c2ccsc2)cc1O. The minimum atomic E-state index is 0.352. The van der Waals surface area contributed by atoms with Crippen LogP contribution in [0.2, 0.25) is 0 Å². The molecule has 0 unspecified atom stereocenters. The van der Waals surface area contributed by atoms with Gasteiger partial charge in [-0.05, 0) is 45.5 Å². The molecule has 1 nitrogen and oxygen atoms in total. The van der Waals surface area contributed by atoms with Gasteiger partial charge in [-0.2, -0.15) is 11.3 Å². The van der Waals surface area contributed by atoms with Crippen LogP contribution in [-0.4, -0.2) is 5.11 Å². The maximum atomic E-state index is 9.89. The summed E-state index contributed by atoms with van der Waals surface area (Å²) in [5.41, 5.74) is 3.22. The molecule has 2 rings (SSSR count). The Kier molecular flexibility index (Phi) is 3.64. The second kappa shape index (κ2) is 5.19. The lowest BCUT2D eigenvalue weighted by Gasteiger charge is -2.08. The van der Waals surface area contributed by atoms with Gasteiger partial charge in [0.1, 0.15) is 5.75 Å². The first kappa shape index (κ1) is 11.9. The molecule has 0 amide bonds. The van der Waals surface area contributed by atoms with E-state index >= 15 is 0 Å². The van der Waals surface area contributed by atoms with Crippen molar-refractivity contribution in [3.8, 4) is 5.75 Å². The first-order valence-electron chi connectivity index (χ1n) is 5.70. The maximum absolute atomic E-state index is 9.89. The predicted octanol–water partition coefficient (Wildman–Crippen LogP) is 4.75. The number of hydrogen-bond donors (Lipinski definition) is 1. The van der Waals surface area contributed by atoms with Gasteiger partial charge in [0, 0.05) is 0 Å². The van der Waals surface area contributed by atoms with Crippen LogP contribution in [0.4, 0.5) is 0 Å². The van der Waals surface area contributed by atoms with Crippen LogP contribution >= 0.6 is 11.3 Å². The van der Waals surface area contributed by atoms with Crippen molar-refractivity contribution in [1.82, 2.24) is 0 Å². The highest BCUT2D eigenvalue weighted by molar-refractivity contribution is 7.08. The number of phenols is 1. The van der Waals surface area contributed by atoms with Gasteiger partial charge in [0.15, 0.2) is 0 Å². The molecule has 88 valence electrons. The van der Waals surface area contributed by atoms with E-state index in [0.717, 1.165) is 11.1 Å². The van der Waals surface area contributed by atoms with E-state index in [9.17, 15) is 5.11 Å². The molecule has 0 fully saturated rings. The molecule has 1 aromatic heterocycles. The van der Waals surface area contributed by atoms with E-state index in [4.69, 9.17) is 0 Å². The van der Waals surface area contributed by atoms with Crippen LogP contribution in [0.15, 0.2) is 35.0 Å². The molecular formula is C15H16OS. The van der Waals surface area contributed by atoms with E-state index in [1.165, 1.54) is 5.56 Å². The second-order valence-corrected chi connectivity index (χ2v) is 5.14. The third-order valence-electron chi connectivity index (χ3n) is 2.69. The summed E-state index contributed by atoms with van der Waals surface area (Å²) in [5.74, 6) is 0.734. The Morgan fingerprint density at radius 3 is 2.47 bits per heavy atom. The quantitative estimate of drug-likeness (QED) is 0.826. The molecule has 0 atom stereocenters. The second-order valence-electron chi connectivity index (χ2n) is 4.36. The van der Waals surface area contributed by atoms with E-state index < -0.39 is 0 Å². The summed E-state index contributed by atoms with van der Waals surface area (Å²) >= 11 is 1.68. The van der Waals surface area contributed by atoms with Crippen LogP contribution < -0.4 is 0 Å². The Bertz CT molecular complexity index is 510. The summed E-state index contributed by atoms with van der Waals surface area (Å²) in [6.07, 6.45) is 4.08. The van der Waals surface area contributed by atoms with Crippen LogP contribution in [-0.2, 0) is 0 Å². The molecule has 0 saturated heterocycles. The molecule has 0 aliphatic heterocycles. The number of phenolic OH excluding ortho intramolecular Hbond substituents is 1. The van der Waals surface area contributed by atoms with Crippen molar-refractivity contribution in [2.24, 2.45) is 0 Å². The summed E-state index contributed by atoms with van der Waals surface area (Å²) in [4.78, 5) is 0. The highest BCUT2D eigenvalue weighted by atomic mass is 32.1. The molecule has 1 N–H and O–H groups in total. The van der Waals surface area contributed by atoms with Gasteiger partial charge >= 0.3 is 0 Å². The zero-order chi connectivity index (χ0) is 12.3. The van der Waals surface area contributed by atoms with Crippen molar-refractivity contribution in [1.29, 1.82) is 0 Å². The first-order chi connectivity index (χ1) is 8.16. The van der Waals surface area contributed by atoms with Gasteiger partial charge in [-0.1, -0.05) is 38.1 Å². The summed E-state index contributed by atoms with van der Waals surface area (Å²) in [6.45, 7) is 4.16. The van der Waals surface area contributed by atoms with E-state index in [0.29, 0.717) is 11.7 Å². The van der Waals surface area contributed by atoms with Crippen LogP contribution in [0.3, 0.4) is 0 Å². The van der Waals surface area contributed by atoms with Crippen molar-refractivity contribution in [3.05, 3.63) is 51.7 Å². The minimum absolute atomic E-state index is 0.352. The largest absolute Gasteiger partial charge is 0.508 e. The smallest absolute Gasteiger partial charge is 0.119 e. The van der Waals surface area contributed by atoms with Gasteiger partial charge < -0.3 is 5.11 Å². The van der Waals surface area contributed by atoms with Gasteiger partial charge in [0.25, 0.3) is 0 Å². The third kappa shape index (κ3) is 2.98. The summed E-state index contributed by atoms with van der Waals surface area (Å²) < 4.78 is 0. The Labute approximate surface area is 106 Å². The highest BCUT2D eigenvalue weighted by Crippen LogP contribution is 2.26. The maximum Gasteiger partial charge on any atom is 0.119 e. The molecule has 0 aliphatic carbocycles. The molecule has 1 heterocycles. The lowest BCUT2D eigenvalue weighted by Crippen LogP contribution is -1.88. The number of hydrogen-bond acceptors (Lipinski definition) is 2. The molecule has 0 aliphatic rings. The van der Waals surface area contributed by atoms with Crippen LogP contribution in [0.5, 0.6) is 5.75 Å². The molecule has 17 heavy (non-hydrogen) atoms. The molecule has 2 heteroatoms. The molecule has 0 bridgehead atoms. The predicted molar refractivity (Wildman–Crippen MR) is 75.4 cm³/mol. The fraction of sp³-hybridized carbons (Fsp3) is 0.200. The highest BCUT2D eigenvalue weighted by Gasteiger charge is 2.05. The van der Waals surface area contributed by atoms with Gasteiger partial charge in [-0.15, -0.1) is 0 Å². The van der Waals surface area contributed by atoms with Crippen LogP contribution in [0.25, 0.3) is 12.2 Å². The monoisotopic (exact) mass is 244 g/mol. The molecular weight excluding hydrogens is 228 g/mol. The summed E-state index contributed by atoms with van der Waals surface area (Å²) in [7, 11) is 0. The standard InChI is InChI=1S/C15H16OS/c1-11(2)14-6-5-12(9-15(14)16)3-4-13-7-8-17-10-13/h3-11,16H,1-2H3/b4-3+. The number of benzene rings is 1. The lowest BCUT2D eigenvalue weighted by atomic mass is 10.00. The Morgan fingerprint density at radius 1 is 1.12 bits per heavy atom. The Balaban J connectivity index is 2.21. The zero-order valence-electron chi connectivity index (χ0n) is 10.1. The van der Waals surface area contributed by atoms with Gasteiger partial charge in [-0.25, -0.2) is 0 Å². The fourth-order valence-electron chi connectivity index (χ4n) is 1.71. The van der Waals surface area contributed by atoms with E-state index in [2.05, 4.69) is 36.7 Å². The molecule has 0 radical (unpaired) electrons. The van der Waals surface area contributed by atoms with Crippen molar-refractivity contribution < 1.29 is 5.11 Å². The topological polar surface area (TPSA) is 20.2 Å². The van der Waals surface area contributed by atoms with E-state index in [1.807, 2.05) is 24.3 Å². The molecule has 1 aromatic carbocycles. The first-order valence-corrected chi connectivity index (χ1v) is 6.64. The van der Waals surface area contributed by atoms with Crippen LogP contribution in [0.1, 0.15) is 36.5 Å². The average molecular weight is 244 g/mol. The van der Waals surface area contributed by atoms with Crippen molar-refractivity contribution in [2.75, 3.05) is 0 Å². The lowest BCUT2D eigenvalue weighted by molar-refractivity contribution is 0.465. The minimum Gasteiger partial charge on any atom is -0.508 e. The van der Waals surface area contributed by atoms with Gasteiger partial charge in [-0.3, -0.25) is 0 Å². The normalized spacial score (nSPS) is 11.5. The van der Waals surface area contributed by atoms with E-state index in [1.54, 1.807) is 11.3 Å². The zero-order valence-corrected chi connectivity index (χ0v) is 10.9. The Morgan fingerprint density at radius 2 is 1.88 bits per heavy atom. The van der Waals surface area contributed by atoms with E-state index in [-0.39, 0.29) is 0 Å². The number of rotatable bonds is 3. The summed E-state index contributed by atoms with van der Waals surface area (Å²) in [5, 5.41) is 14.0. The summed E-state index contributed by atoms with van der Waals surface area (Å²) in [6, 6.07) is 7.92. The van der Waals surface area contributed by atoms with Crippen LogP contribution in [0, 0.1) is 0 Å². The fourth-order valence-corrected chi connectivity index (χ4v) is 2.34. The molecule has 0 saturated carbocycles. The third-order valence-corrected chi connectivity index (χ3v) is 3.39. The van der Waals surface area contributed by atoms with Gasteiger partial charge in [0.2, 0.25) is 0 Å². The molecule has 0 spiro atoms. The number of thiophene rings is 1. The van der Waals surface area contributed by atoms with Gasteiger partial charge in [0.05, 0.1) is 0 Å². The van der Waals surface area contributed by atoms with Crippen molar-refractivity contribution in [3.63, 3.8) is 0 Å². The van der Waals surface area contributed by atoms with Crippen molar-refractivity contribution in [2.45, 2.75) is 19.8 Å². The average Bonchev–Trinajstić information content (AvgIpc) is 2.78. The van der Waals surface area contributed by atoms with Crippen molar-refractivity contribution >= 4 is 23.5 Å². The number of aromatic hydroxyl groups is 1. The Hall–Kier alpha value is -1.54.